The SMILES string of the molecule is CNC(CO)(CSc1ccccc1F)C1CC1. The standard InChI is InChI=1S/C13H18FNOS/c1-15-13(8-16,10-6-7-10)9-17-12-5-3-2-4-11(12)14/h2-5,10,15-16H,6-9H2,1H3. The van der Waals surface area contributed by atoms with Gasteiger partial charge in [0.25, 0.3) is 0 Å². The predicted octanol–water partition coefficient (Wildman–Crippen LogP) is 2.28. The Hall–Kier alpha value is -0.580. The second-order valence-electron chi connectivity index (χ2n) is 4.56. The number of halogens is 1. The van der Waals surface area contributed by atoms with Crippen LogP contribution in [0.2, 0.25) is 0 Å². The molecule has 2 nitrogen and oxygen atoms in total. The number of thioether (sulfide) groups is 1. The first-order chi connectivity index (χ1) is 8.22. The summed E-state index contributed by atoms with van der Waals surface area (Å²) >= 11 is 1.47. The van der Waals surface area contributed by atoms with Crippen LogP contribution in [-0.2, 0) is 0 Å². The largest absolute Gasteiger partial charge is 0.394 e. The number of nitrogens with one attached hydrogen (secondary N) is 1. The molecule has 0 heterocycles. The summed E-state index contributed by atoms with van der Waals surface area (Å²) < 4.78 is 13.5. The third-order valence-corrected chi connectivity index (χ3v) is 4.76. The topological polar surface area (TPSA) is 32.3 Å². The van der Waals surface area contributed by atoms with Crippen molar-refractivity contribution in [3.05, 3.63) is 30.1 Å². The van der Waals surface area contributed by atoms with Gasteiger partial charge in [-0.05, 0) is 37.9 Å². The molecule has 1 atom stereocenters. The maximum absolute atomic E-state index is 13.5. The average Bonchev–Trinajstić information content (AvgIpc) is 3.18. The summed E-state index contributed by atoms with van der Waals surface area (Å²) in [4.78, 5) is 0.654. The van der Waals surface area contributed by atoms with Crippen LogP contribution in [0.25, 0.3) is 0 Å². The van der Waals surface area contributed by atoms with Crippen LogP contribution in [0.4, 0.5) is 4.39 Å². The first-order valence-corrected chi connectivity index (χ1v) is 6.87. The smallest absolute Gasteiger partial charge is 0.136 e. The van der Waals surface area contributed by atoms with Crippen LogP contribution in [-0.4, -0.2) is 30.1 Å². The van der Waals surface area contributed by atoms with E-state index in [1.54, 1.807) is 12.1 Å². The molecule has 1 aliphatic carbocycles. The van der Waals surface area contributed by atoms with Crippen LogP contribution in [0.5, 0.6) is 0 Å². The third kappa shape index (κ3) is 2.81. The van der Waals surface area contributed by atoms with Crippen LogP contribution in [0, 0.1) is 11.7 Å². The van der Waals surface area contributed by atoms with Crippen LogP contribution in [0.1, 0.15) is 12.8 Å². The zero-order chi connectivity index (χ0) is 12.3. The molecule has 0 bridgehead atoms. The van der Waals surface area contributed by atoms with Crippen LogP contribution in [0.3, 0.4) is 0 Å². The van der Waals surface area contributed by atoms with Gasteiger partial charge in [-0.1, -0.05) is 12.1 Å². The molecule has 0 spiro atoms. The normalized spacial score (nSPS) is 19.0. The van der Waals surface area contributed by atoms with Gasteiger partial charge in [0.15, 0.2) is 0 Å². The van der Waals surface area contributed by atoms with Crippen molar-refractivity contribution in [1.82, 2.24) is 5.32 Å². The summed E-state index contributed by atoms with van der Waals surface area (Å²) in [6, 6.07) is 6.78. The van der Waals surface area contributed by atoms with Gasteiger partial charge in [0.1, 0.15) is 5.82 Å². The second kappa shape index (κ2) is 5.38. The molecule has 2 N–H and O–H groups in total. The quantitative estimate of drug-likeness (QED) is 0.765. The van der Waals surface area contributed by atoms with E-state index in [0.717, 1.165) is 12.8 Å². The van der Waals surface area contributed by atoms with Gasteiger partial charge in [0.2, 0.25) is 0 Å². The highest BCUT2D eigenvalue weighted by Crippen LogP contribution is 2.42. The number of hydrogen-bond acceptors (Lipinski definition) is 3. The van der Waals surface area contributed by atoms with E-state index in [9.17, 15) is 9.50 Å². The van der Waals surface area contributed by atoms with E-state index in [4.69, 9.17) is 0 Å². The van der Waals surface area contributed by atoms with E-state index in [1.165, 1.54) is 17.8 Å². The Bertz CT molecular complexity index is 377. The van der Waals surface area contributed by atoms with Crippen LogP contribution < -0.4 is 5.32 Å². The monoisotopic (exact) mass is 255 g/mol. The maximum Gasteiger partial charge on any atom is 0.136 e. The molecule has 0 aliphatic heterocycles. The van der Waals surface area contributed by atoms with Crippen molar-refractivity contribution in [3.8, 4) is 0 Å². The van der Waals surface area contributed by atoms with Gasteiger partial charge in [-0.3, -0.25) is 0 Å². The number of likely N-dealkylation sites (N-methyl/N-ethyl adjacent to an activating group) is 1. The van der Waals surface area contributed by atoms with E-state index in [0.29, 0.717) is 16.6 Å². The highest BCUT2D eigenvalue weighted by molar-refractivity contribution is 7.99. The van der Waals surface area contributed by atoms with Gasteiger partial charge in [-0.2, -0.15) is 0 Å². The molecule has 0 aromatic heterocycles. The molecule has 94 valence electrons. The molecular formula is C13H18FNOS. The zero-order valence-electron chi connectivity index (χ0n) is 9.95. The number of aliphatic hydroxyl groups excluding tert-OH is 1. The molecule has 4 heteroatoms. The van der Waals surface area contributed by atoms with Crippen molar-refractivity contribution in [2.75, 3.05) is 19.4 Å². The fraction of sp³-hybridized carbons (Fsp3) is 0.538. The fourth-order valence-corrected chi connectivity index (χ4v) is 3.32. The maximum atomic E-state index is 13.5. The summed E-state index contributed by atoms with van der Waals surface area (Å²) in [5, 5.41) is 12.8. The minimum Gasteiger partial charge on any atom is -0.394 e. The lowest BCUT2D eigenvalue weighted by Gasteiger charge is -2.31. The van der Waals surface area contributed by atoms with E-state index in [2.05, 4.69) is 5.32 Å². The highest BCUT2D eigenvalue weighted by atomic mass is 32.2. The molecule has 1 unspecified atom stereocenters. The van der Waals surface area contributed by atoms with Crippen LogP contribution >= 0.6 is 11.8 Å². The number of aliphatic hydroxyl groups is 1. The van der Waals surface area contributed by atoms with Crippen molar-refractivity contribution in [3.63, 3.8) is 0 Å². The Kier molecular flexibility index (Phi) is 4.07. The van der Waals surface area contributed by atoms with Gasteiger partial charge in [0, 0.05) is 10.6 Å². The molecule has 0 radical (unpaired) electrons. The van der Waals surface area contributed by atoms with Crippen molar-refractivity contribution >= 4 is 11.8 Å². The van der Waals surface area contributed by atoms with Gasteiger partial charge in [-0.15, -0.1) is 11.8 Å². The summed E-state index contributed by atoms with van der Waals surface area (Å²) in [7, 11) is 1.87. The lowest BCUT2D eigenvalue weighted by molar-refractivity contribution is 0.167. The summed E-state index contributed by atoms with van der Waals surface area (Å²) in [5.41, 5.74) is -0.257. The minimum atomic E-state index is -0.257. The van der Waals surface area contributed by atoms with E-state index < -0.39 is 0 Å². The van der Waals surface area contributed by atoms with E-state index in [-0.39, 0.29) is 18.0 Å². The van der Waals surface area contributed by atoms with Gasteiger partial charge >= 0.3 is 0 Å². The number of benzene rings is 1. The summed E-state index contributed by atoms with van der Waals surface area (Å²) in [5.74, 6) is 1.04. The lowest BCUT2D eigenvalue weighted by atomic mass is 9.97. The zero-order valence-corrected chi connectivity index (χ0v) is 10.8. The second-order valence-corrected chi connectivity index (χ2v) is 5.57. The molecule has 17 heavy (non-hydrogen) atoms. The fourth-order valence-electron chi connectivity index (χ4n) is 2.05. The first-order valence-electron chi connectivity index (χ1n) is 5.89. The molecule has 0 saturated heterocycles. The molecular weight excluding hydrogens is 237 g/mol. The average molecular weight is 255 g/mol. The predicted molar refractivity (Wildman–Crippen MR) is 68.7 cm³/mol. The van der Waals surface area contributed by atoms with Crippen molar-refractivity contribution in [2.24, 2.45) is 5.92 Å². The van der Waals surface area contributed by atoms with Crippen LogP contribution in [0.15, 0.2) is 29.2 Å². The Balaban J connectivity index is 2.02. The Morgan fingerprint density at radius 2 is 2.18 bits per heavy atom. The minimum absolute atomic E-state index is 0.107. The number of rotatable bonds is 6. The molecule has 2 rings (SSSR count). The summed E-state index contributed by atoms with van der Waals surface area (Å²) in [6.07, 6.45) is 2.30. The molecule has 1 aromatic carbocycles. The van der Waals surface area contributed by atoms with Gasteiger partial charge in [0.05, 0.1) is 12.1 Å². The summed E-state index contributed by atoms with van der Waals surface area (Å²) in [6.45, 7) is 0.107. The van der Waals surface area contributed by atoms with Crippen molar-refractivity contribution in [1.29, 1.82) is 0 Å². The molecule has 0 amide bonds. The Labute approximate surface area is 106 Å². The first kappa shape index (κ1) is 12.9. The molecule has 1 aliphatic rings. The van der Waals surface area contributed by atoms with Crippen molar-refractivity contribution in [2.45, 2.75) is 23.3 Å². The van der Waals surface area contributed by atoms with E-state index >= 15 is 0 Å². The lowest BCUT2D eigenvalue weighted by Crippen LogP contribution is -2.51. The Morgan fingerprint density at radius 3 is 2.71 bits per heavy atom. The molecule has 1 aromatic rings. The van der Waals surface area contributed by atoms with E-state index in [1.807, 2.05) is 13.1 Å². The van der Waals surface area contributed by atoms with Gasteiger partial charge < -0.3 is 10.4 Å². The Morgan fingerprint density at radius 1 is 1.47 bits per heavy atom. The molecule has 1 saturated carbocycles. The third-order valence-electron chi connectivity index (χ3n) is 3.46. The molecule has 1 fully saturated rings. The van der Waals surface area contributed by atoms with Gasteiger partial charge in [-0.25, -0.2) is 4.39 Å². The number of hydrogen-bond donors (Lipinski definition) is 2. The highest BCUT2D eigenvalue weighted by Gasteiger charge is 2.43. The van der Waals surface area contributed by atoms with Crippen molar-refractivity contribution < 1.29 is 9.50 Å².